The van der Waals surface area contributed by atoms with Crippen LogP contribution < -0.4 is 0 Å². The Labute approximate surface area is 162 Å². The van der Waals surface area contributed by atoms with Crippen molar-refractivity contribution in [1.82, 2.24) is 14.8 Å². The van der Waals surface area contributed by atoms with Gasteiger partial charge in [0.25, 0.3) is 5.91 Å². The molecule has 1 aromatic rings. The van der Waals surface area contributed by atoms with E-state index < -0.39 is 0 Å². The molecule has 0 unspecified atom stereocenters. The minimum Gasteiger partial charge on any atom is -0.448 e. The van der Waals surface area contributed by atoms with E-state index in [1.807, 2.05) is 11.8 Å². The second-order valence-electron chi connectivity index (χ2n) is 8.52. The van der Waals surface area contributed by atoms with Crippen LogP contribution in [0.25, 0.3) is 0 Å². The Morgan fingerprint density at radius 3 is 2.56 bits per heavy atom. The summed E-state index contributed by atoms with van der Waals surface area (Å²) in [6, 6.07) is 0.813. The molecule has 3 aliphatic rings. The van der Waals surface area contributed by atoms with Gasteiger partial charge in [0.05, 0.1) is 6.10 Å². The van der Waals surface area contributed by atoms with Crippen LogP contribution in [0.3, 0.4) is 0 Å². The Morgan fingerprint density at radius 1 is 1.15 bits per heavy atom. The first-order valence-corrected chi connectivity index (χ1v) is 10.8. The van der Waals surface area contributed by atoms with E-state index in [0.717, 1.165) is 32.0 Å². The molecule has 0 radical (unpaired) electrons. The van der Waals surface area contributed by atoms with Crippen molar-refractivity contribution in [2.45, 2.75) is 70.4 Å². The van der Waals surface area contributed by atoms with Crippen molar-refractivity contribution >= 4 is 5.91 Å². The largest absolute Gasteiger partial charge is 0.448 e. The van der Waals surface area contributed by atoms with E-state index in [0.29, 0.717) is 23.9 Å². The number of amides is 1. The molecule has 1 saturated carbocycles. The van der Waals surface area contributed by atoms with Gasteiger partial charge in [0.15, 0.2) is 12.1 Å². The zero-order valence-electron chi connectivity index (χ0n) is 16.6. The zero-order chi connectivity index (χ0) is 18.6. The quantitative estimate of drug-likeness (QED) is 0.764. The Hall–Kier alpha value is -1.40. The number of hydrogen-bond donors (Lipinski definition) is 0. The van der Waals surface area contributed by atoms with Crippen LogP contribution in [0.5, 0.6) is 0 Å². The topological polar surface area (TPSA) is 58.8 Å². The van der Waals surface area contributed by atoms with Crippen molar-refractivity contribution in [2.75, 3.05) is 32.8 Å². The van der Waals surface area contributed by atoms with Crippen LogP contribution in [0.4, 0.5) is 0 Å². The van der Waals surface area contributed by atoms with Crippen LogP contribution in [-0.2, 0) is 4.74 Å². The van der Waals surface area contributed by atoms with Crippen molar-refractivity contribution < 1.29 is 13.9 Å². The molecule has 3 fully saturated rings. The first kappa shape index (κ1) is 18.9. The third kappa shape index (κ3) is 4.54. The van der Waals surface area contributed by atoms with Gasteiger partial charge in [-0.3, -0.25) is 4.79 Å². The highest BCUT2D eigenvalue weighted by molar-refractivity contribution is 5.93. The number of aromatic nitrogens is 1. The predicted molar refractivity (Wildman–Crippen MR) is 103 cm³/mol. The monoisotopic (exact) mass is 375 g/mol. The van der Waals surface area contributed by atoms with Crippen LogP contribution >= 0.6 is 0 Å². The lowest BCUT2D eigenvalue weighted by molar-refractivity contribution is 0.0424. The minimum absolute atomic E-state index is 0.00466. The molecule has 1 atom stereocenters. The number of hydrogen-bond acceptors (Lipinski definition) is 5. The van der Waals surface area contributed by atoms with E-state index in [2.05, 4.69) is 9.88 Å². The molecule has 1 amide bonds. The van der Waals surface area contributed by atoms with Crippen LogP contribution in [0.15, 0.2) is 10.8 Å². The standard InChI is InChI=1S/C21H33N3O3/c1-16-20(22-15-27-16)21(25)24(14-19-7-4-12-26-19)13-17-8-10-23(11-9-17)18-5-2-3-6-18/h15,17-19H,2-14H2,1H3/t19-/m1/s1. The molecule has 6 nitrogen and oxygen atoms in total. The molecule has 4 rings (SSSR count). The average molecular weight is 376 g/mol. The number of carbonyl (C=O) groups is 1. The van der Waals surface area contributed by atoms with E-state index in [1.54, 1.807) is 0 Å². The summed E-state index contributed by atoms with van der Waals surface area (Å²) in [5, 5.41) is 0. The molecule has 1 aromatic heterocycles. The number of aryl methyl sites for hydroxylation is 1. The molecule has 2 aliphatic heterocycles. The summed E-state index contributed by atoms with van der Waals surface area (Å²) in [4.78, 5) is 21.9. The summed E-state index contributed by atoms with van der Waals surface area (Å²) in [5.41, 5.74) is 0.455. The van der Waals surface area contributed by atoms with Gasteiger partial charge in [-0.2, -0.15) is 0 Å². The fourth-order valence-corrected chi connectivity index (χ4v) is 5.02. The maximum absolute atomic E-state index is 13.1. The van der Waals surface area contributed by atoms with Crippen molar-refractivity contribution in [3.05, 3.63) is 17.8 Å². The molecule has 0 N–H and O–H groups in total. The van der Waals surface area contributed by atoms with Gasteiger partial charge in [-0.25, -0.2) is 4.98 Å². The number of carbonyl (C=O) groups excluding carboxylic acids is 1. The third-order valence-corrected chi connectivity index (χ3v) is 6.65. The Balaban J connectivity index is 1.37. The average Bonchev–Trinajstić information content (AvgIpc) is 3.44. The number of oxazole rings is 1. The summed E-state index contributed by atoms with van der Waals surface area (Å²) in [5.74, 6) is 1.17. The molecule has 6 heteroatoms. The van der Waals surface area contributed by atoms with Crippen LogP contribution in [0, 0.1) is 12.8 Å². The number of ether oxygens (including phenoxy) is 1. The van der Waals surface area contributed by atoms with Gasteiger partial charge in [-0.05, 0) is 64.5 Å². The lowest BCUT2D eigenvalue weighted by Crippen LogP contribution is -2.45. The van der Waals surface area contributed by atoms with Gasteiger partial charge < -0.3 is 19.0 Å². The van der Waals surface area contributed by atoms with E-state index in [4.69, 9.17) is 9.15 Å². The first-order chi connectivity index (χ1) is 13.2. The van der Waals surface area contributed by atoms with Gasteiger partial charge in [0.1, 0.15) is 5.76 Å². The van der Waals surface area contributed by atoms with Gasteiger partial charge in [-0.15, -0.1) is 0 Å². The number of nitrogens with zero attached hydrogens (tertiary/aromatic N) is 3. The van der Waals surface area contributed by atoms with Crippen LogP contribution in [0.2, 0.25) is 0 Å². The molecule has 150 valence electrons. The molecule has 3 heterocycles. The fourth-order valence-electron chi connectivity index (χ4n) is 5.02. The number of likely N-dealkylation sites (tertiary alicyclic amines) is 1. The predicted octanol–water partition coefficient (Wildman–Crippen LogP) is 3.26. The molecule has 1 aliphatic carbocycles. The molecule has 2 saturated heterocycles. The maximum atomic E-state index is 13.1. The van der Waals surface area contributed by atoms with Crippen molar-refractivity contribution in [3.63, 3.8) is 0 Å². The Kier molecular flexibility index (Phi) is 6.13. The molecule has 0 bridgehead atoms. The van der Waals surface area contributed by atoms with E-state index in [9.17, 15) is 4.79 Å². The van der Waals surface area contributed by atoms with E-state index in [1.165, 1.54) is 58.0 Å². The van der Waals surface area contributed by atoms with E-state index >= 15 is 0 Å². The summed E-state index contributed by atoms with van der Waals surface area (Å²) in [6.45, 7) is 6.47. The fraction of sp³-hybridized carbons (Fsp3) is 0.810. The van der Waals surface area contributed by atoms with Gasteiger partial charge >= 0.3 is 0 Å². The highest BCUT2D eigenvalue weighted by atomic mass is 16.5. The van der Waals surface area contributed by atoms with Crippen molar-refractivity contribution in [2.24, 2.45) is 5.92 Å². The molecule has 27 heavy (non-hydrogen) atoms. The zero-order valence-corrected chi connectivity index (χ0v) is 16.6. The van der Waals surface area contributed by atoms with Gasteiger partial charge in [0.2, 0.25) is 0 Å². The maximum Gasteiger partial charge on any atom is 0.276 e. The molecule has 0 spiro atoms. The molecule has 0 aromatic carbocycles. The second kappa shape index (κ2) is 8.74. The molecular formula is C21H33N3O3. The van der Waals surface area contributed by atoms with Crippen LogP contribution in [-0.4, -0.2) is 65.6 Å². The Bertz CT molecular complexity index is 612. The first-order valence-electron chi connectivity index (χ1n) is 10.8. The van der Waals surface area contributed by atoms with Crippen LogP contribution in [0.1, 0.15) is 67.6 Å². The summed E-state index contributed by atoms with van der Waals surface area (Å²) >= 11 is 0. The number of piperidine rings is 1. The highest BCUT2D eigenvalue weighted by Gasteiger charge is 2.31. The van der Waals surface area contributed by atoms with Crippen molar-refractivity contribution in [3.8, 4) is 0 Å². The van der Waals surface area contributed by atoms with Crippen molar-refractivity contribution in [1.29, 1.82) is 0 Å². The van der Waals surface area contributed by atoms with Gasteiger partial charge in [0, 0.05) is 25.7 Å². The van der Waals surface area contributed by atoms with E-state index in [-0.39, 0.29) is 12.0 Å². The smallest absolute Gasteiger partial charge is 0.276 e. The van der Waals surface area contributed by atoms with Gasteiger partial charge in [-0.1, -0.05) is 12.8 Å². The minimum atomic E-state index is -0.00466. The summed E-state index contributed by atoms with van der Waals surface area (Å²) < 4.78 is 11.1. The highest BCUT2D eigenvalue weighted by Crippen LogP contribution is 2.28. The normalized spacial score (nSPS) is 25.3. The summed E-state index contributed by atoms with van der Waals surface area (Å²) in [6.07, 6.45) is 11.6. The summed E-state index contributed by atoms with van der Waals surface area (Å²) in [7, 11) is 0. The number of rotatable bonds is 6. The lowest BCUT2D eigenvalue weighted by atomic mass is 9.94. The third-order valence-electron chi connectivity index (χ3n) is 6.65. The lowest BCUT2D eigenvalue weighted by Gasteiger charge is -2.38. The second-order valence-corrected chi connectivity index (χ2v) is 8.52. The Morgan fingerprint density at radius 2 is 1.93 bits per heavy atom. The molecular weight excluding hydrogens is 342 g/mol. The SMILES string of the molecule is Cc1ocnc1C(=O)N(CC1CCN(C2CCCC2)CC1)C[C@H]1CCCO1.